The Morgan fingerprint density at radius 3 is 2.62 bits per heavy atom. The maximum atomic E-state index is 12.2. The van der Waals surface area contributed by atoms with Crippen LogP contribution in [0.3, 0.4) is 0 Å². The van der Waals surface area contributed by atoms with Gasteiger partial charge in [-0.25, -0.2) is 0 Å². The van der Waals surface area contributed by atoms with Crippen LogP contribution in [0.4, 0.5) is 0 Å². The molecule has 5 heteroatoms. The van der Waals surface area contributed by atoms with Gasteiger partial charge >= 0.3 is 0 Å². The molecule has 1 atom stereocenters. The largest absolute Gasteiger partial charge is 0.393 e. The van der Waals surface area contributed by atoms with Gasteiger partial charge in [0.15, 0.2) is 0 Å². The Kier molecular flexibility index (Phi) is 4.20. The molecule has 1 aliphatic heterocycles. The van der Waals surface area contributed by atoms with Crippen LogP contribution in [0.25, 0.3) is 0 Å². The van der Waals surface area contributed by atoms with E-state index >= 15 is 0 Å². The van der Waals surface area contributed by atoms with Gasteiger partial charge in [-0.3, -0.25) is 4.79 Å². The summed E-state index contributed by atoms with van der Waals surface area (Å²) in [6.45, 7) is 0. The minimum Gasteiger partial charge on any atom is -0.393 e. The molecule has 0 bridgehead atoms. The van der Waals surface area contributed by atoms with E-state index in [9.17, 15) is 9.90 Å². The van der Waals surface area contributed by atoms with Gasteiger partial charge in [-0.1, -0.05) is 35.5 Å². The van der Waals surface area contributed by atoms with Crippen LogP contribution < -0.4 is 5.32 Å². The van der Waals surface area contributed by atoms with Crippen molar-refractivity contribution in [2.45, 2.75) is 50.4 Å². The molecule has 3 rings (SSSR count). The maximum Gasteiger partial charge on any atom is 0.264 e. The average molecular weight is 288 g/mol. The number of carbonyl (C=O) groups excluding carboxylic acids is 1. The van der Waals surface area contributed by atoms with Crippen molar-refractivity contribution < 1.29 is 14.7 Å². The molecule has 0 saturated heterocycles. The van der Waals surface area contributed by atoms with E-state index in [2.05, 4.69) is 10.5 Å². The highest BCUT2D eigenvalue weighted by atomic mass is 16.6. The van der Waals surface area contributed by atoms with Gasteiger partial charge in [0.05, 0.1) is 11.8 Å². The minimum atomic E-state index is -0.535. The standard InChI is InChI=1S/C16H20N2O3/c19-13-8-6-12(7-9-13)17-16(20)15-10-14(18-21-15)11-4-2-1-3-5-11/h1-5,12-13,15,19H,6-10H2,(H,17,20). The molecular formula is C16H20N2O3. The number of hydrogen-bond donors (Lipinski definition) is 2. The van der Waals surface area contributed by atoms with Crippen LogP contribution in [-0.2, 0) is 9.63 Å². The van der Waals surface area contributed by atoms with Crippen LogP contribution in [0.2, 0.25) is 0 Å². The Morgan fingerprint density at radius 1 is 1.19 bits per heavy atom. The monoisotopic (exact) mass is 288 g/mol. The van der Waals surface area contributed by atoms with E-state index in [4.69, 9.17) is 4.84 Å². The van der Waals surface area contributed by atoms with Crippen LogP contribution in [0, 0.1) is 0 Å². The highest BCUT2D eigenvalue weighted by Crippen LogP contribution is 2.20. The zero-order chi connectivity index (χ0) is 14.7. The summed E-state index contributed by atoms with van der Waals surface area (Å²) < 4.78 is 0. The molecule has 112 valence electrons. The van der Waals surface area contributed by atoms with Gasteiger partial charge in [-0.2, -0.15) is 0 Å². The van der Waals surface area contributed by atoms with Crippen molar-refractivity contribution >= 4 is 11.6 Å². The lowest BCUT2D eigenvalue weighted by atomic mass is 9.93. The van der Waals surface area contributed by atoms with Crippen molar-refractivity contribution in [3.8, 4) is 0 Å². The molecule has 21 heavy (non-hydrogen) atoms. The van der Waals surface area contributed by atoms with Crippen LogP contribution in [-0.4, -0.2) is 35.0 Å². The summed E-state index contributed by atoms with van der Waals surface area (Å²) >= 11 is 0. The van der Waals surface area contributed by atoms with E-state index in [1.54, 1.807) is 0 Å². The first-order chi connectivity index (χ1) is 10.2. The number of rotatable bonds is 3. The molecule has 0 aromatic heterocycles. The second-order valence-electron chi connectivity index (χ2n) is 5.72. The molecule has 1 aromatic rings. The van der Waals surface area contributed by atoms with Gasteiger partial charge < -0.3 is 15.3 Å². The Hall–Kier alpha value is -1.88. The SMILES string of the molecule is O=C(NC1CCC(O)CC1)C1CC(c2ccccc2)=NO1. The van der Waals surface area contributed by atoms with Crippen LogP contribution in [0.5, 0.6) is 0 Å². The van der Waals surface area contributed by atoms with Crippen molar-refractivity contribution in [1.29, 1.82) is 0 Å². The predicted octanol–water partition coefficient (Wildman–Crippen LogP) is 1.60. The lowest BCUT2D eigenvalue weighted by molar-refractivity contribution is -0.132. The average Bonchev–Trinajstić information content (AvgIpc) is 3.00. The number of carbonyl (C=O) groups is 1. The molecule has 5 nitrogen and oxygen atoms in total. The molecule has 1 amide bonds. The highest BCUT2D eigenvalue weighted by Gasteiger charge is 2.31. The number of amides is 1. The molecule has 1 aromatic carbocycles. The first-order valence-electron chi connectivity index (χ1n) is 7.49. The van der Waals surface area contributed by atoms with Crippen molar-refractivity contribution in [3.05, 3.63) is 35.9 Å². The van der Waals surface area contributed by atoms with E-state index in [0.29, 0.717) is 6.42 Å². The molecule has 1 unspecified atom stereocenters. The topological polar surface area (TPSA) is 70.9 Å². The van der Waals surface area contributed by atoms with E-state index < -0.39 is 6.10 Å². The molecule has 1 heterocycles. The molecule has 2 aliphatic rings. The number of nitrogens with one attached hydrogen (secondary N) is 1. The maximum absolute atomic E-state index is 12.2. The van der Waals surface area contributed by atoms with Gasteiger partial charge in [0.1, 0.15) is 0 Å². The van der Waals surface area contributed by atoms with E-state index in [1.807, 2.05) is 30.3 Å². The molecular weight excluding hydrogens is 268 g/mol. The first kappa shape index (κ1) is 14.1. The molecule has 1 aliphatic carbocycles. The van der Waals surface area contributed by atoms with Crippen molar-refractivity contribution in [3.63, 3.8) is 0 Å². The summed E-state index contributed by atoms with van der Waals surface area (Å²) in [4.78, 5) is 17.5. The Morgan fingerprint density at radius 2 is 1.90 bits per heavy atom. The summed E-state index contributed by atoms with van der Waals surface area (Å²) in [5.74, 6) is -0.105. The Balaban J connectivity index is 1.52. The lowest BCUT2D eigenvalue weighted by Crippen LogP contribution is -2.43. The van der Waals surface area contributed by atoms with Crippen molar-refractivity contribution in [2.24, 2.45) is 5.16 Å². The second kappa shape index (κ2) is 6.26. The first-order valence-corrected chi connectivity index (χ1v) is 7.49. The van der Waals surface area contributed by atoms with E-state index in [0.717, 1.165) is 37.0 Å². The van der Waals surface area contributed by atoms with Crippen LogP contribution in [0.1, 0.15) is 37.7 Å². The molecule has 2 N–H and O–H groups in total. The number of oxime groups is 1. The zero-order valence-corrected chi connectivity index (χ0v) is 11.9. The minimum absolute atomic E-state index is 0.105. The number of aliphatic hydroxyl groups excluding tert-OH is 1. The van der Waals surface area contributed by atoms with Gasteiger partial charge in [0, 0.05) is 12.5 Å². The third-order valence-corrected chi connectivity index (χ3v) is 4.11. The van der Waals surface area contributed by atoms with Gasteiger partial charge in [-0.15, -0.1) is 0 Å². The normalized spacial score (nSPS) is 28.6. The quantitative estimate of drug-likeness (QED) is 0.887. The molecule has 1 fully saturated rings. The molecule has 0 radical (unpaired) electrons. The Bertz CT molecular complexity index is 522. The van der Waals surface area contributed by atoms with Crippen molar-refractivity contribution in [2.75, 3.05) is 0 Å². The molecule has 1 saturated carbocycles. The van der Waals surface area contributed by atoms with E-state index in [-0.39, 0.29) is 18.1 Å². The predicted molar refractivity (Wildman–Crippen MR) is 78.9 cm³/mol. The fraction of sp³-hybridized carbons (Fsp3) is 0.500. The zero-order valence-electron chi connectivity index (χ0n) is 11.9. The summed E-state index contributed by atoms with van der Waals surface area (Å²) in [6, 6.07) is 9.90. The molecule has 0 spiro atoms. The second-order valence-corrected chi connectivity index (χ2v) is 5.72. The van der Waals surface area contributed by atoms with Gasteiger partial charge in [0.25, 0.3) is 5.91 Å². The van der Waals surface area contributed by atoms with E-state index in [1.165, 1.54) is 0 Å². The number of nitrogens with zero attached hydrogens (tertiary/aromatic N) is 1. The van der Waals surface area contributed by atoms with Gasteiger partial charge in [0.2, 0.25) is 6.10 Å². The summed E-state index contributed by atoms with van der Waals surface area (Å²) in [6.07, 6.45) is 2.91. The fourth-order valence-electron chi connectivity index (χ4n) is 2.83. The number of hydrogen-bond acceptors (Lipinski definition) is 4. The number of aliphatic hydroxyl groups is 1. The van der Waals surface area contributed by atoms with Crippen LogP contribution >= 0.6 is 0 Å². The summed E-state index contributed by atoms with van der Waals surface area (Å²) in [5, 5.41) is 16.5. The Labute approximate surface area is 124 Å². The summed E-state index contributed by atoms with van der Waals surface area (Å²) in [5.41, 5.74) is 1.81. The van der Waals surface area contributed by atoms with Crippen LogP contribution in [0.15, 0.2) is 35.5 Å². The third kappa shape index (κ3) is 3.42. The third-order valence-electron chi connectivity index (χ3n) is 4.11. The fourth-order valence-corrected chi connectivity index (χ4v) is 2.83. The van der Waals surface area contributed by atoms with Crippen molar-refractivity contribution in [1.82, 2.24) is 5.32 Å². The number of benzene rings is 1. The highest BCUT2D eigenvalue weighted by molar-refractivity contribution is 6.04. The smallest absolute Gasteiger partial charge is 0.264 e. The van der Waals surface area contributed by atoms with Gasteiger partial charge in [-0.05, 0) is 31.2 Å². The lowest BCUT2D eigenvalue weighted by Gasteiger charge is -2.26. The summed E-state index contributed by atoms with van der Waals surface area (Å²) in [7, 11) is 0.